The lowest BCUT2D eigenvalue weighted by Gasteiger charge is -2.13. The molecule has 8 heteroatoms. The molecule has 2 aromatic heterocycles. The predicted octanol–water partition coefficient (Wildman–Crippen LogP) is 3.82. The number of hydrogen-bond acceptors (Lipinski definition) is 5. The quantitative estimate of drug-likeness (QED) is 0.452. The van der Waals surface area contributed by atoms with E-state index < -0.39 is 21.2 Å². The Labute approximate surface area is 184 Å². The number of benzene rings is 2. The van der Waals surface area contributed by atoms with Gasteiger partial charge in [-0.15, -0.1) is 0 Å². The second-order valence-corrected chi connectivity index (χ2v) is 9.80. The molecule has 32 heavy (non-hydrogen) atoms. The van der Waals surface area contributed by atoms with Crippen molar-refractivity contribution in [3.8, 4) is 16.9 Å². The molecule has 0 aliphatic rings. The molecule has 0 spiro atoms. The molecule has 0 saturated carbocycles. The number of primary amides is 1. The van der Waals surface area contributed by atoms with Crippen LogP contribution < -0.4 is 10.5 Å². The van der Waals surface area contributed by atoms with Gasteiger partial charge in [-0.1, -0.05) is 6.07 Å². The van der Waals surface area contributed by atoms with Crippen LogP contribution in [0.4, 0.5) is 4.39 Å². The second kappa shape index (κ2) is 8.39. The standard InChI is InChI=1S/C24H20FN3O3S/c1-32(2,30)23-8-7-15(11-19(23)25)16-12-20-17(5-3-9-27-20)22(13-16)31-14-21-18(24(26)29)6-4-10-28-21/h3-13H,1,14H2,2H3,(H2,26,29). The maximum Gasteiger partial charge on any atom is 0.250 e. The van der Waals surface area contributed by atoms with Crippen LogP contribution in [0.1, 0.15) is 16.1 Å². The van der Waals surface area contributed by atoms with Gasteiger partial charge in [0.1, 0.15) is 18.2 Å². The Hall–Kier alpha value is -3.78. The molecule has 0 aliphatic carbocycles. The molecule has 2 aromatic carbocycles. The number of nitrogens with two attached hydrogens (primary N) is 1. The van der Waals surface area contributed by atoms with Crippen LogP contribution in [-0.2, 0) is 16.1 Å². The van der Waals surface area contributed by atoms with Gasteiger partial charge in [0.25, 0.3) is 5.91 Å². The number of carbonyl (C=O) groups excluding carboxylic acids is 1. The molecule has 1 amide bonds. The summed E-state index contributed by atoms with van der Waals surface area (Å²) in [5.41, 5.74) is 8.00. The number of carbonyl (C=O) groups is 1. The Bertz CT molecular complexity index is 1450. The van der Waals surface area contributed by atoms with Crippen LogP contribution in [-0.4, -0.2) is 32.2 Å². The van der Waals surface area contributed by atoms with Gasteiger partial charge in [0, 0.05) is 24.0 Å². The minimum Gasteiger partial charge on any atom is -0.487 e. The highest BCUT2D eigenvalue weighted by atomic mass is 32.2. The van der Waals surface area contributed by atoms with Crippen LogP contribution >= 0.6 is 0 Å². The Morgan fingerprint density at radius 2 is 1.84 bits per heavy atom. The molecule has 1 atom stereocenters. The third-order valence-corrected chi connectivity index (χ3v) is 6.19. The summed E-state index contributed by atoms with van der Waals surface area (Å²) in [6.45, 7) is 0.0132. The monoisotopic (exact) mass is 449 g/mol. The van der Waals surface area contributed by atoms with Crippen molar-refractivity contribution in [1.29, 1.82) is 0 Å². The zero-order chi connectivity index (χ0) is 22.9. The molecule has 0 aliphatic heterocycles. The smallest absolute Gasteiger partial charge is 0.250 e. The summed E-state index contributed by atoms with van der Waals surface area (Å²) in [4.78, 5) is 20.3. The third-order valence-electron chi connectivity index (χ3n) is 4.93. The van der Waals surface area contributed by atoms with E-state index in [-0.39, 0.29) is 17.1 Å². The Morgan fingerprint density at radius 3 is 2.56 bits per heavy atom. The first-order valence-electron chi connectivity index (χ1n) is 9.61. The van der Waals surface area contributed by atoms with Crippen molar-refractivity contribution in [1.82, 2.24) is 9.97 Å². The first-order valence-corrected chi connectivity index (χ1v) is 11.7. The lowest BCUT2D eigenvalue weighted by atomic mass is 10.0. The predicted molar refractivity (Wildman–Crippen MR) is 124 cm³/mol. The van der Waals surface area contributed by atoms with Crippen LogP contribution in [0, 0.1) is 5.82 Å². The summed E-state index contributed by atoms with van der Waals surface area (Å²) in [7, 11) is -2.68. The molecule has 0 bridgehead atoms. The summed E-state index contributed by atoms with van der Waals surface area (Å²) < 4.78 is 32.8. The van der Waals surface area contributed by atoms with E-state index in [1.807, 2.05) is 12.1 Å². The topological polar surface area (TPSA) is 95.2 Å². The van der Waals surface area contributed by atoms with E-state index in [1.165, 1.54) is 18.4 Å². The van der Waals surface area contributed by atoms with Crippen LogP contribution in [0.2, 0.25) is 0 Å². The number of nitrogens with zero attached hydrogens (tertiary/aromatic N) is 2. The van der Waals surface area contributed by atoms with Gasteiger partial charge in [-0.05, 0) is 75.0 Å². The molecule has 0 saturated heterocycles. The molecule has 0 fully saturated rings. The summed E-state index contributed by atoms with van der Waals surface area (Å²) >= 11 is 0. The van der Waals surface area contributed by atoms with Crippen LogP contribution in [0.3, 0.4) is 0 Å². The van der Waals surface area contributed by atoms with Crippen molar-refractivity contribution < 1.29 is 18.1 Å². The largest absolute Gasteiger partial charge is 0.487 e. The van der Waals surface area contributed by atoms with E-state index in [4.69, 9.17) is 10.5 Å². The molecule has 1 unspecified atom stereocenters. The van der Waals surface area contributed by atoms with Crippen LogP contribution in [0.15, 0.2) is 71.9 Å². The van der Waals surface area contributed by atoms with E-state index in [0.29, 0.717) is 28.1 Å². The highest BCUT2D eigenvalue weighted by Crippen LogP contribution is 2.33. The SMILES string of the molecule is C=S(C)(=O)c1ccc(-c2cc(OCc3ncccc3C(N)=O)c3cccnc3c2)cc1F. The number of hydrogen-bond donors (Lipinski definition) is 1. The summed E-state index contributed by atoms with van der Waals surface area (Å²) in [5, 5.41) is 0.749. The average Bonchev–Trinajstić information content (AvgIpc) is 2.76. The highest BCUT2D eigenvalue weighted by Gasteiger charge is 2.14. The number of pyridine rings is 2. The maximum atomic E-state index is 14.6. The van der Waals surface area contributed by atoms with E-state index in [1.54, 1.807) is 42.7 Å². The van der Waals surface area contributed by atoms with Gasteiger partial charge in [-0.3, -0.25) is 19.0 Å². The molecule has 2 N–H and O–H groups in total. The van der Waals surface area contributed by atoms with Crippen molar-refractivity contribution in [3.05, 3.63) is 84.1 Å². The van der Waals surface area contributed by atoms with Gasteiger partial charge < -0.3 is 10.5 Å². The van der Waals surface area contributed by atoms with E-state index >= 15 is 0 Å². The first kappa shape index (κ1) is 21.5. The van der Waals surface area contributed by atoms with Gasteiger partial charge in [-0.2, -0.15) is 0 Å². The molecule has 6 nitrogen and oxygen atoms in total. The van der Waals surface area contributed by atoms with E-state index in [9.17, 15) is 13.4 Å². The zero-order valence-corrected chi connectivity index (χ0v) is 18.1. The number of fused-ring (bicyclic) bond motifs is 1. The van der Waals surface area contributed by atoms with Gasteiger partial charge >= 0.3 is 0 Å². The lowest BCUT2D eigenvalue weighted by molar-refractivity contribution is 0.0997. The van der Waals surface area contributed by atoms with Crippen molar-refractivity contribution >= 4 is 32.2 Å². The number of amides is 1. The summed E-state index contributed by atoms with van der Waals surface area (Å²) in [5.74, 6) is 2.86. The Balaban J connectivity index is 1.76. The van der Waals surface area contributed by atoms with Crippen molar-refractivity contribution in [2.24, 2.45) is 5.73 Å². The lowest BCUT2D eigenvalue weighted by Crippen LogP contribution is -2.15. The first-order chi connectivity index (χ1) is 15.2. The molecular weight excluding hydrogens is 429 g/mol. The van der Waals surface area contributed by atoms with E-state index in [0.717, 1.165) is 5.39 Å². The normalized spacial score (nSPS) is 12.9. The molecular formula is C24H20FN3O3S. The minimum atomic E-state index is -2.68. The average molecular weight is 450 g/mol. The summed E-state index contributed by atoms with van der Waals surface area (Å²) in [6, 6.07) is 14.9. The molecule has 0 radical (unpaired) electrons. The van der Waals surface area contributed by atoms with Crippen LogP contribution in [0.25, 0.3) is 22.0 Å². The van der Waals surface area contributed by atoms with Gasteiger partial charge in [0.2, 0.25) is 0 Å². The fourth-order valence-electron chi connectivity index (χ4n) is 3.39. The molecule has 162 valence electrons. The Morgan fingerprint density at radius 1 is 1.09 bits per heavy atom. The van der Waals surface area contributed by atoms with Crippen molar-refractivity contribution in [2.75, 3.05) is 6.26 Å². The number of ether oxygens (including phenoxy) is 1. The Kier molecular flexibility index (Phi) is 5.63. The fraction of sp³-hybridized carbons (Fsp3) is 0.0833. The number of halogens is 1. The molecule has 4 aromatic rings. The highest BCUT2D eigenvalue weighted by molar-refractivity contribution is 7.99. The fourth-order valence-corrected chi connectivity index (χ4v) is 4.22. The minimum absolute atomic E-state index is 0.0132. The van der Waals surface area contributed by atoms with Crippen molar-refractivity contribution in [3.63, 3.8) is 0 Å². The molecule has 2 heterocycles. The zero-order valence-electron chi connectivity index (χ0n) is 17.2. The summed E-state index contributed by atoms with van der Waals surface area (Å²) in [6.07, 6.45) is 4.60. The van der Waals surface area contributed by atoms with Gasteiger partial charge in [-0.25, -0.2) is 4.39 Å². The van der Waals surface area contributed by atoms with Crippen molar-refractivity contribution in [2.45, 2.75) is 11.5 Å². The maximum absolute atomic E-state index is 14.6. The molecule has 4 rings (SSSR count). The second-order valence-electron chi connectivity index (χ2n) is 7.35. The number of rotatable bonds is 6. The van der Waals surface area contributed by atoms with Gasteiger partial charge in [0.05, 0.1) is 21.7 Å². The van der Waals surface area contributed by atoms with Crippen LogP contribution in [0.5, 0.6) is 5.75 Å². The third kappa shape index (κ3) is 4.31. The van der Waals surface area contributed by atoms with E-state index in [2.05, 4.69) is 15.8 Å². The number of aromatic nitrogens is 2. The van der Waals surface area contributed by atoms with Gasteiger partial charge in [0.15, 0.2) is 0 Å².